The third kappa shape index (κ3) is 2.74. The maximum absolute atomic E-state index is 5.51. The van der Waals surface area contributed by atoms with Crippen molar-refractivity contribution in [1.82, 2.24) is 4.98 Å². The smallest absolute Gasteiger partial charge is 0.130 e. The van der Waals surface area contributed by atoms with Gasteiger partial charge >= 0.3 is 0 Å². The van der Waals surface area contributed by atoms with E-state index in [1.165, 1.54) is 5.69 Å². The van der Waals surface area contributed by atoms with Crippen molar-refractivity contribution in [2.75, 3.05) is 49.8 Å². The summed E-state index contributed by atoms with van der Waals surface area (Å²) < 4.78 is 11.0. The molecule has 0 N–H and O–H groups in total. The Hall–Kier alpha value is -1.33. The Morgan fingerprint density at radius 3 is 2.90 bits per heavy atom. The van der Waals surface area contributed by atoms with Gasteiger partial charge in [0.15, 0.2) is 0 Å². The van der Waals surface area contributed by atoms with Gasteiger partial charge in [0.25, 0.3) is 0 Å². The maximum atomic E-state index is 5.51. The van der Waals surface area contributed by atoms with Crippen LogP contribution in [0, 0.1) is 0 Å². The van der Waals surface area contributed by atoms with Crippen molar-refractivity contribution < 1.29 is 9.47 Å². The molecule has 110 valence electrons. The zero-order valence-corrected chi connectivity index (χ0v) is 12.3. The quantitative estimate of drug-likeness (QED) is 0.837. The SMILES string of the molecule is C[C@H]1COCCN1c1ccnc(N(C)[C@@H]2CCOC2)c1. The van der Waals surface area contributed by atoms with Crippen LogP contribution in [-0.4, -0.2) is 57.1 Å². The van der Waals surface area contributed by atoms with Crippen molar-refractivity contribution in [3.63, 3.8) is 0 Å². The van der Waals surface area contributed by atoms with Crippen molar-refractivity contribution in [1.29, 1.82) is 0 Å². The zero-order valence-electron chi connectivity index (χ0n) is 12.3. The van der Waals surface area contributed by atoms with Crippen molar-refractivity contribution >= 4 is 11.5 Å². The van der Waals surface area contributed by atoms with Gasteiger partial charge in [-0.25, -0.2) is 4.98 Å². The van der Waals surface area contributed by atoms with E-state index >= 15 is 0 Å². The topological polar surface area (TPSA) is 37.8 Å². The summed E-state index contributed by atoms with van der Waals surface area (Å²) in [5, 5.41) is 0. The molecule has 0 saturated carbocycles. The maximum Gasteiger partial charge on any atom is 0.130 e. The molecule has 2 atom stereocenters. The Bertz CT molecular complexity index is 448. The first-order valence-corrected chi connectivity index (χ1v) is 7.37. The van der Waals surface area contributed by atoms with Crippen LogP contribution in [0.15, 0.2) is 18.3 Å². The Kier molecular flexibility index (Phi) is 4.08. The fourth-order valence-electron chi connectivity index (χ4n) is 2.90. The zero-order chi connectivity index (χ0) is 13.9. The van der Waals surface area contributed by atoms with E-state index in [2.05, 4.69) is 40.9 Å². The molecule has 5 heteroatoms. The second-order valence-electron chi connectivity index (χ2n) is 5.62. The number of nitrogens with zero attached hydrogens (tertiary/aromatic N) is 3. The van der Waals surface area contributed by atoms with Gasteiger partial charge in [-0.3, -0.25) is 0 Å². The number of ether oxygens (including phenoxy) is 2. The molecule has 3 rings (SSSR count). The second-order valence-corrected chi connectivity index (χ2v) is 5.62. The van der Waals surface area contributed by atoms with E-state index in [1.54, 1.807) is 0 Å². The van der Waals surface area contributed by atoms with Crippen LogP contribution in [0.4, 0.5) is 11.5 Å². The molecule has 2 saturated heterocycles. The van der Waals surface area contributed by atoms with Gasteiger partial charge in [-0.15, -0.1) is 0 Å². The molecule has 20 heavy (non-hydrogen) atoms. The number of morpholine rings is 1. The summed E-state index contributed by atoms with van der Waals surface area (Å²) in [6, 6.07) is 5.13. The molecular weight excluding hydrogens is 254 g/mol. The minimum Gasteiger partial charge on any atom is -0.379 e. The summed E-state index contributed by atoms with van der Waals surface area (Å²) in [6.07, 6.45) is 2.98. The summed E-state index contributed by atoms with van der Waals surface area (Å²) in [5.74, 6) is 1.02. The predicted octanol–water partition coefficient (Wildman–Crippen LogP) is 1.53. The highest BCUT2D eigenvalue weighted by atomic mass is 16.5. The average Bonchev–Trinajstić information content (AvgIpc) is 3.01. The van der Waals surface area contributed by atoms with Crippen LogP contribution in [0.1, 0.15) is 13.3 Å². The van der Waals surface area contributed by atoms with Gasteiger partial charge in [0, 0.05) is 44.2 Å². The van der Waals surface area contributed by atoms with Crippen LogP contribution in [0.2, 0.25) is 0 Å². The summed E-state index contributed by atoms with van der Waals surface area (Å²) in [5.41, 5.74) is 1.23. The Morgan fingerprint density at radius 1 is 1.30 bits per heavy atom. The number of aromatic nitrogens is 1. The van der Waals surface area contributed by atoms with Crippen LogP contribution in [-0.2, 0) is 9.47 Å². The second kappa shape index (κ2) is 5.97. The van der Waals surface area contributed by atoms with Gasteiger partial charge in [-0.2, -0.15) is 0 Å². The monoisotopic (exact) mass is 277 g/mol. The predicted molar refractivity (Wildman–Crippen MR) is 79.5 cm³/mol. The van der Waals surface area contributed by atoms with Crippen molar-refractivity contribution in [3.05, 3.63) is 18.3 Å². The van der Waals surface area contributed by atoms with Crippen LogP contribution in [0.3, 0.4) is 0 Å². The molecule has 0 amide bonds. The number of anilines is 2. The molecule has 0 spiro atoms. The molecule has 1 aromatic rings. The van der Waals surface area contributed by atoms with Crippen molar-refractivity contribution in [3.8, 4) is 0 Å². The average molecular weight is 277 g/mol. The summed E-state index contributed by atoms with van der Waals surface area (Å²) in [6.45, 7) is 6.40. The van der Waals surface area contributed by atoms with E-state index < -0.39 is 0 Å². The van der Waals surface area contributed by atoms with E-state index in [1.807, 2.05) is 6.20 Å². The van der Waals surface area contributed by atoms with Gasteiger partial charge in [0.2, 0.25) is 0 Å². The molecule has 2 fully saturated rings. The third-order valence-corrected chi connectivity index (χ3v) is 4.24. The van der Waals surface area contributed by atoms with E-state index in [0.29, 0.717) is 12.1 Å². The Labute approximate surface area is 120 Å². The molecule has 0 radical (unpaired) electrons. The largest absolute Gasteiger partial charge is 0.379 e. The van der Waals surface area contributed by atoms with Gasteiger partial charge in [-0.1, -0.05) is 0 Å². The van der Waals surface area contributed by atoms with Crippen LogP contribution >= 0.6 is 0 Å². The van der Waals surface area contributed by atoms with Crippen molar-refractivity contribution in [2.45, 2.75) is 25.4 Å². The molecule has 2 aliphatic rings. The first-order chi connectivity index (χ1) is 9.75. The van der Waals surface area contributed by atoms with Crippen LogP contribution in [0.25, 0.3) is 0 Å². The van der Waals surface area contributed by atoms with Crippen LogP contribution in [0.5, 0.6) is 0 Å². The molecule has 1 aromatic heterocycles. The fourth-order valence-corrected chi connectivity index (χ4v) is 2.90. The molecule has 2 aliphatic heterocycles. The van der Waals surface area contributed by atoms with Gasteiger partial charge in [0.1, 0.15) is 5.82 Å². The number of likely N-dealkylation sites (N-methyl/N-ethyl adjacent to an activating group) is 1. The van der Waals surface area contributed by atoms with E-state index in [4.69, 9.17) is 9.47 Å². The molecule has 0 bridgehead atoms. The fraction of sp³-hybridized carbons (Fsp3) is 0.667. The van der Waals surface area contributed by atoms with Crippen LogP contribution < -0.4 is 9.80 Å². The minimum atomic E-state index is 0.416. The molecule has 0 aliphatic carbocycles. The lowest BCUT2D eigenvalue weighted by Crippen LogP contribution is -2.43. The first kappa shape index (κ1) is 13.6. The number of hydrogen-bond donors (Lipinski definition) is 0. The standard InChI is InChI=1S/C15H23N3O2/c1-12-10-20-8-6-18(12)13-3-5-16-15(9-13)17(2)14-4-7-19-11-14/h3,5,9,12,14H,4,6-8,10-11H2,1-2H3/t12-,14+/m0/s1. The van der Waals surface area contributed by atoms with Gasteiger partial charge < -0.3 is 19.3 Å². The highest BCUT2D eigenvalue weighted by Crippen LogP contribution is 2.25. The molecule has 0 aromatic carbocycles. The lowest BCUT2D eigenvalue weighted by atomic mass is 10.2. The Balaban J connectivity index is 1.78. The molecule has 0 unspecified atom stereocenters. The van der Waals surface area contributed by atoms with E-state index in [0.717, 1.165) is 45.2 Å². The first-order valence-electron chi connectivity index (χ1n) is 7.37. The van der Waals surface area contributed by atoms with Gasteiger partial charge in [-0.05, 0) is 19.4 Å². The highest BCUT2D eigenvalue weighted by Gasteiger charge is 2.23. The summed E-state index contributed by atoms with van der Waals surface area (Å²) >= 11 is 0. The van der Waals surface area contributed by atoms with Crippen molar-refractivity contribution in [2.24, 2.45) is 0 Å². The van der Waals surface area contributed by atoms with E-state index in [-0.39, 0.29) is 0 Å². The minimum absolute atomic E-state index is 0.416. The normalized spacial score (nSPS) is 26.8. The molecular formula is C15H23N3O2. The molecule has 5 nitrogen and oxygen atoms in total. The molecule has 3 heterocycles. The number of rotatable bonds is 3. The number of hydrogen-bond acceptors (Lipinski definition) is 5. The summed E-state index contributed by atoms with van der Waals surface area (Å²) in [4.78, 5) is 9.15. The number of pyridine rings is 1. The lowest BCUT2D eigenvalue weighted by molar-refractivity contribution is 0.0989. The van der Waals surface area contributed by atoms with E-state index in [9.17, 15) is 0 Å². The third-order valence-electron chi connectivity index (χ3n) is 4.24. The summed E-state index contributed by atoms with van der Waals surface area (Å²) in [7, 11) is 2.11. The van der Waals surface area contributed by atoms with Gasteiger partial charge in [0.05, 0.1) is 25.9 Å². The Morgan fingerprint density at radius 2 is 2.15 bits per heavy atom. The highest BCUT2D eigenvalue weighted by molar-refractivity contribution is 5.56. The lowest BCUT2D eigenvalue weighted by Gasteiger charge is -2.35.